The van der Waals surface area contributed by atoms with Gasteiger partial charge in [-0.3, -0.25) is 4.79 Å². The second kappa shape index (κ2) is 8.28. The zero-order valence-corrected chi connectivity index (χ0v) is 11.5. The number of nitriles is 1. The Morgan fingerprint density at radius 2 is 2.00 bits per heavy atom. The van der Waals surface area contributed by atoms with E-state index in [-0.39, 0.29) is 18.5 Å². The lowest BCUT2D eigenvalue weighted by atomic mass is 10.0. The Hall–Kier alpha value is -1.86. The maximum atomic E-state index is 11.6. The average molecular weight is 259 g/mol. The molecule has 1 aromatic rings. The molecule has 0 saturated heterocycles. The summed E-state index contributed by atoms with van der Waals surface area (Å²) in [5, 5.41) is 14.8. The van der Waals surface area contributed by atoms with Gasteiger partial charge in [-0.05, 0) is 11.5 Å². The van der Waals surface area contributed by atoms with Gasteiger partial charge in [0.25, 0.3) is 0 Å². The maximum absolute atomic E-state index is 11.6. The Morgan fingerprint density at radius 1 is 1.32 bits per heavy atom. The lowest BCUT2D eigenvalue weighted by Crippen LogP contribution is -2.37. The molecule has 2 N–H and O–H groups in total. The monoisotopic (exact) mass is 259 g/mol. The molecule has 1 rings (SSSR count). The summed E-state index contributed by atoms with van der Waals surface area (Å²) in [6, 6.07) is 11.8. The SMILES string of the molecule is CC(C)CNC(=O)CNC(CC#N)c1ccccc1. The van der Waals surface area contributed by atoms with E-state index in [0.717, 1.165) is 5.56 Å². The van der Waals surface area contributed by atoms with Gasteiger partial charge in [-0.25, -0.2) is 0 Å². The normalized spacial score (nSPS) is 11.9. The van der Waals surface area contributed by atoms with Gasteiger partial charge in [0.1, 0.15) is 0 Å². The lowest BCUT2D eigenvalue weighted by molar-refractivity contribution is -0.120. The predicted octanol–water partition coefficient (Wildman–Crippen LogP) is 2.00. The third-order valence-electron chi connectivity index (χ3n) is 2.71. The largest absolute Gasteiger partial charge is 0.355 e. The minimum absolute atomic E-state index is 0.0347. The first-order chi connectivity index (χ1) is 9.13. The minimum Gasteiger partial charge on any atom is -0.355 e. The van der Waals surface area contributed by atoms with Gasteiger partial charge in [-0.2, -0.15) is 5.26 Å². The fourth-order valence-corrected chi connectivity index (χ4v) is 1.68. The smallest absolute Gasteiger partial charge is 0.233 e. The number of hydrogen-bond donors (Lipinski definition) is 2. The van der Waals surface area contributed by atoms with E-state index < -0.39 is 0 Å². The number of hydrogen-bond acceptors (Lipinski definition) is 3. The van der Waals surface area contributed by atoms with Crippen LogP contribution in [0, 0.1) is 17.2 Å². The number of nitrogens with one attached hydrogen (secondary N) is 2. The van der Waals surface area contributed by atoms with Crippen LogP contribution in [0.3, 0.4) is 0 Å². The van der Waals surface area contributed by atoms with Gasteiger partial charge in [0.2, 0.25) is 5.91 Å². The summed E-state index contributed by atoms with van der Waals surface area (Å²) in [5.41, 5.74) is 1.03. The highest BCUT2D eigenvalue weighted by atomic mass is 16.1. The van der Waals surface area contributed by atoms with Crippen LogP contribution in [0.5, 0.6) is 0 Å². The number of benzene rings is 1. The second-order valence-corrected chi connectivity index (χ2v) is 4.90. The van der Waals surface area contributed by atoms with Crippen LogP contribution in [-0.2, 0) is 4.79 Å². The van der Waals surface area contributed by atoms with Crippen molar-refractivity contribution in [2.75, 3.05) is 13.1 Å². The van der Waals surface area contributed by atoms with Crippen LogP contribution in [0.25, 0.3) is 0 Å². The molecule has 1 atom stereocenters. The Balaban J connectivity index is 2.47. The van der Waals surface area contributed by atoms with Crippen molar-refractivity contribution < 1.29 is 4.79 Å². The van der Waals surface area contributed by atoms with Crippen LogP contribution in [0.15, 0.2) is 30.3 Å². The van der Waals surface area contributed by atoms with Crippen molar-refractivity contribution in [1.82, 2.24) is 10.6 Å². The van der Waals surface area contributed by atoms with Crippen LogP contribution in [0.2, 0.25) is 0 Å². The molecule has 0 spiro atoms. The van der Waals surface area contributed by atoms with Crippen LogP contribution in [-0.4, -0.2) is 19.0 Å². The molecule has 19 heavy (non-hydrogen) atoms. The first kappa shape index (κ1) is 15.2. The van der Waals surface area contributed by atoms with Crippen molar-refractivity contribution in [3.8, 4) is 6.07 Å². The summed E-state index contributed by atoms with van der Waals surface area (Å²) in [6.45, 7) is 5.01. The zero-order chi connectivity index (χ0) is 14.1. The third-order valence-corrected chi connectivity index (χ3v) is 2.71. The molecule has 4 heteroatoms. The molecule has 0 radical (unpaired) electrons. The number of rotatable bonds is 7. The topological polar surface area (TPSA) is 64.9 Å². The van der Waals surface area contributed by atoms with Crippen LogP contribution >= 0.6 is 0 Å². The molecule has 0 bridgehead atoms. The highest BCUT2D eigenvalue weighted by molar-refractivity contribution is 5.78. The summed E-state index contributed by atoms with van der Waals surface area (Å²) in [6.07, 6.45) is 0.349. The lowest BCUT2D eigenvalue weighted by Gasteiger charge is -2.16. The summed E-state index contributed by atoms with van der Waals surface area (Å²) >= 11 is 0. The summed E-state index contributed by atoms with van der Waals surface area (Å²) in [7, 11) is 0. The van der Waals surface area contributed by atoms with E-state index in [1.54, 1.807) is 0 Å². The van der Waals surface area contributed by atoms with Crippen molar-refractivity contribution in [3.05, 3.63) is 35.9 Å². The van der Waals surface area contributed by atoms with Gasteiger partial charge in [0.05, 0.1) is 19.0 Å². The van der Waals surface area contributed by atoms with Crippen LogP contribution in [0.1, 0.15) is 31.9 Å². The van der Waals surface area contributed by atoms with E-state index in [1.807, 2.05) is 30.3 Å². The van der Waals surface area contributed by atoms with E-state index in [2.05, 4.69) is 30.6 Å². The van der Waals surface area contributed by atoms with Gasteiger partial charge in [-0.1, -0.05) is 44.2 Å². The van der Waals surface area contributed by atoms with Gasteiger partial charge in [0.15, 0.2) is 0 Å². The zero-order valence-electron chi connectivity index (χ0n) is 11.5. The molecule has 1 unspecified atom stereocenters. The molecule has 1 amide bonds. The highest BCUT2D eigenvalue weighted by Gasteiger charge is 2.12. The second-order valence-electron chi connectivity index (χ2n) is 4.90. The van der Waals surface area contributed by atoms with E-state index >= 15 is 0 Å². The molecule has 0 fully saturated rings. The van der Waals surface area contributed by atoms with Crippen LogP contribution in [0.4, 0.5) is 0 Å². The fourth-order valence-electron chi connectivity index (χ4n) is 1.68. The van der Waals surface area contributed by atoms with Crippen molar-refractivity contribution in [1.29, 1.82) is 5.26 Å². The van der Waals surface area contributed by atoms with Crippen LogP contribution < -0.4 is 10.6 Å². The predicted molar refractivity (Wildman–Crippen MR) is 75.3 cm³/mol. The van der Waals surface area contributed by atoms with Gasteiger partial charge in [-0.15, -0.1) is 0 Å². The first-order valence-electron chi connectivity index (χ1n) is 6.55. The molecule has 0 aliphatic carbocycles. The van der Waals surface area contributed by atoms with E-state index in [9.17, 15) is 4.79 Å². The Bertz CT molecular complexity index is 423. The summed E-state index contributed by atoms with van der Waals surface area (Å²) in [4.78, 5) is 11.6. The summed E-state index contributed by atoms with van der Waals surface area (Å²) < 4.78 is 0. The number of amides is 1. The number of carbonyl (C=O) groups excluding carboxylic acids is 1. The summed E-state index contributed by atoms with van der Waals surface area (Å²) in [5.74, 6) is 0.403. The van der Waals surface area contributed by atoms with Gasteiger partial charge in [0, 0.05) is 12.6 Å². The van der Waals surface area contributed by atoms with Crippen molar-refractivity contribution >= 4 is 5.91 Å². The molecule has 1 aromatic carbocycles. The third kappa shape index (κ3) is 6.03. The maximum Gasteiger partial charge on any atom is 0.233 e. The Kier molecular flexibility index (Phi) is 6.62. The fraction of sp³-hybridized carbons (Fsp3) is 0.467. The number of nitrogens with zero attached hydrogens (tertiary/aromatic N) is 1. The standard InChI is InChI=1S/C15H21N3O/c1-12(2)10-18-15(19)11-17-14(8-9-16)13-6-4-3-5-7-13/h3-7,12,14,17H,8,10-11H2,1-2H3,(H,18,19). The van der Waals surface area contributed by atoms with Crippen molar-refractivity contribution in [2.45, 2.75) is 26.3 Å². The molecule has 4 nitrogen and oxygen atoms in total. The first-order valence-corrected chi connectivity index (χ1v) is 6.55. The van der Waals surface area contributed by atoms with Gasteiger partial charge < -0.3 is 10.6 Å². The minimum atomic E-state index is -0.101. The van der Waals surface area contributed by atoms with E-state index in [1.165, 1.54) is 0 Å². The quantitative estimate of drug-likeness (QED) is 0.787. The molecule has 0 aliphatic rings. The molecular weight excluding hydrogens is 238 g/mol. The van der Waals surface area contributed by atoms with Crippen molar-refractivity contribution in [3.63, 3.8) is 0 Å². The van der Waals surface area contributed by atoms with Gasteiger partial charge >= 0.3 is 0 Å². The molecule has 0 aliphatic heterocycles. The van der Waals surface area contributed by atoms with Crippen molar-refractivity contribution in [2.24, 2.45) is 5.92 Å². The van der Waals surface area contributed by atoms with E-state index in [0.29, 0.717) is 18.9 Å². The average Bonchev–Trinajstić information content (AvgIpc) is 2.42. The Labute approximate surface area is 114 Å². The number of carbonyl (C=O) groups is 1. The Morgan fingerprint density at radius 3 is 2.58 bits per heavy atom. The molecule has 0 heterocycles. The molecule has 102 valence electrons. The molecule has 0 aromatic heterocycles. The molecular formula is C15H21N3O. The molecule has 0 saturated carbocycles. The van der Waals surface area contributed by atoms with E-state index in [4.69, 9.17) is 5.26 Å². The highest BCUT2D eigenvalue weighted by Crippen LogP contribution is 2.15.